The predicted octanol–water partition coefficient (Wildman–Crippen LogP) is -0.254. The summed E-state index contributed by atoms with van der Waals surface area (Å²) in [6.07, 6.45) is 0.241. The molecule has 0 rings (SSSR count). The van der Waals surface area contributed by atoms with Crippen LogP contribution in [0.25, 0.3) is 0 Å². The first-order valence-corrected chi connectivity index (χ1v) is 3.09. The van der Waals surface area contributed by atoms with Gasteiger partial charge in [0.05, 0.1) is 12.5 Å². The van der Waals surface area contributed by atoms with Gasteiger partial charge < -0.3 is 5.32 Å². The number of imide groups is 1. The molecule has 0 aliphatic rings. The highest BCUT2D eigenvalue weighted by Gasteiger charge is 1.99. The molecule has 3 amide bonds. The minimum atomic E-state index is -0.562. The first-order chi connectivity index (χ1) is 5.16. The Bertz CT molecular complexity index is 194. The van der Waals surface area contributed by atoms with E-state index in [2.05, 4.69) is 5.32 Å². The zero-order valence-corrected chi connectivity index (χ0v) is 6.18. The van der Waals surface area contributed by atoms with E-state index in [1.54, 1.807) is 0 Å². The van der Waals surface area contributed by atoms with E-state index in [-0.39, 0.29) is 13.0 Å². The lowest BCUT2D eigenvalue weighted by atomic mass is 10.5. The summed E-state index contributed by atoms with van der Waals surface area (Å²) in [6, 6.07) is 1.29. The van der Waals surface area contributed by atoms with Crippen molar-refractivity contribution in [2.75, 3.05) is 6.54 Å². The number of carbonyl (C=O) groups excluding carboxylic acids is 2. The number of rotatable bonds is 2. The summed E-state index contributed by atoms with van der Waals surface area (Å²) in [5.41, 5.74) is 0. The van der Waals surface area contributed by atoms with E-state index in [0.717, 1.165) is 0 Å². The van der Waals surface area contributed by atoms with E-state index >= 15 is 0 Å². The normalized spacial score (nSPS) is 8.00. The maximum atomic E-state index is 10.6. The van der Waals surface area contributed by atoms with Gasteiger partial charge in [0.15, 0.2) is 0 Å². The third-order valence-corrected chi connectivity index (χ3v) is 0.812. The van der Waals surface area contributed by atoms with Crippen LogP contribution in [0.15, 0.2) is 0 Å². The topological polar surface area (TPSA) is 82.0 Å². The number of urea groups is 1. The maximum absolute atomic E-state index is 10.6. The Kier molecular flexibility index (Phi) is 4.49. The average molecular weight is 155 g/mol. The van der Waals surface area contributed by atoms with Crippen molar-refractivity contribution >= 4 is 11.9 Å². The highest BCUT2D eigenvalue weighted by molar-refractivity contribution is 5.92. The number of nitrogens with zero attached hydrogens (tertiary/aromatic N) is 1. The molecule has 0 radical (unpaired) electrons. The second-order valence-corrected chi connectivity index (χ2v) is 1.85. The van der Waals surface area contributed by atoms with E-state index in [1.165, 1.54) is 6.92 Å². The number of nitriles is 1. The molecule has 0 unspecified atom stereocenters. The molecule has 0 aliphatic heterocycles. The van der Waals surface area contributed by atoms with E-state index in [0.29, 0.717) is 0 Å². The molecule has 0 saturated heterocycles. The summed E-state index contributed by atoms with van der Waals surface area (Å²) in [5, 5.41) is 12.4. The van der Waals surface area contributed by atoms with Crippen molar-refractivity contribution in [3.05, 3.63) is 0 Å². The van der Waals surface area contributed by atoms with Crippen LogP contribution >= 0.6 is 0 Å². The zero-order valence-electron chi connectivity index (χ0n) is 6.18. The van der Waals surface area contributed by atoms with Gasteiger partial charge in [0.25, 0.3) is 0 Å². The largest absolute Gasteiger partial charge is 0.337 e. The van der Waals surface area contributed by atoms with Gasteiger partial charge in [0, 0.05) is 13.5 Å². The Morgan fingerprint density at radius 3 is 2.64 bits per heavy atom. The quantitative estimate of drug-likeness (QED) is 0.539. The molecule has 0 aromatic rings. The summed E-state index contributed by atoms with van der Waals surface area (Å²) >= 11 is 0. The molecule has 5 nitrogen and oxygen atoms in total. The van der Waals surface area contributed by atoms with E-state index < -0.39 is 11.9 Å². The van der Waals surface area contributed by atoms with Crippen molar-refractivity contribution in [2.24, 2.45) is 0 Å². The molecule has 0 fully saturated rings. The Balaban J connectivity index is 3.39. The van der Waals surface area contributed by atoms with Crippen LogP contribution in [-0.2, 0) is 4.79 Å². The third-order valence-electron chi connectivity index (χ3n) is 0.812. The highest BCUT2D eigenvalue weighted by atomic mass is 16.2. The summed E-state index contributed by atoms with van der Waals surface area (Å²) < 4.78 is 0. The van der Waals surface area contributed by atoms with Crippen molar-refractivity contribution in [2.45, 2.75) is 13.3 Å². The first kappa shape index (κ1) is 9.43. The van der Waals surface area contributed by atoms with Gasteiger partial charge in [-0.25, -0.2) is 4.79 Å². The molecule has 0 bridgehead atoms. The molecule has 0 aromatic heterocycles. The molecule has 11 heavy (non-hydrogen) atoms. The fourth-order valence-corrected chi connectivity index (χ4v) is 0.436. The zero-order chi connectivity index (χ0) is 8.69. The van der Waals surface area contributed by atoms with Gasteiger partial charge >= 0.3 is 6.03 Å². The Morgan fingerprint density at radius 1 is 1.55 bits per heavy atom. The maximum Gasteiger partial charge on any atom is 0.321 e. The fourth-order valence-electron chi connectivity index (χ4n) is 0.436. The summed E-state index contributed by atoms with van der Waals surface area (Å²) in [6.45, 7) is 1.50. The van der Waals surface area contributed by atoms with Crippen molar-refractivity contribution in [3.8, 4) is 6.07 Å². The SMILES string of the molecule is CC(=O)NC(=O)NCCC#N. The van der Waals surface area contributed by atoms with Crippen LogP contribution in [0.4, 0.5) is 4.79 Å². The molecule has 0 aliphatic carbocycles. The molecule has 60 valence electrons. The molecule has 2 N–H and O–H groups in total. The van der Waals surface area contributed by atoms with E-state index in [9.17, 15) is 9.59 Å². The van der Waals surface area contributed by atoms with Crippen LogP contribution in [0, 0.1) is 11.3 Å². The van der Waals surface area contributed by atoms with Crippen LogP contribution in [0.2, 0.25) is 0 Å². The smallest absolute Gasteiger partial charge is 0.321 e. The van der Waals surface area contributed by atoms with Gasteiger partial charge in [-0.15, -0.1) is 0 Å². The number of nitrogens with one attached hydrogen (secondary N) is 2. The van der Waals surface area contributed by atoms with Gasteiger partial charge in [-0.1, -0.05) is 0 Å². The minimum absolute atomic E-state index is 0.241. The van der Waals surface area contributed by atoms with E-state index in [4.69, 9.17) is 5.26 Å². The molecular formula is C6H9N3O2. The van der Waals surface area contributed by atoms with Crippen LogP contribution in [0.1, 0.15) is 13.3 Å². The van der Waals surface area contributed by atoms with Crippen molar-refractivity contribution in [3.63, 3.8) is 0 Å². The van der Waals surface area contributed by atoms with Crippen LogP contribution in [-0.4, -0.2) is 18.5 Å². The Labute approximate surface area is 64.4 Å². The lowest BCUT2D eigenvalue weighted by Crippen LogP contribution is -2.38. The van der Waals surface area contributed by atoms with E-state index in [1.807, 2.05) is 11.4 Å². The number of amides is 3. The second-order valence-electron chi connectivity index (χ2n) is 1.85. The molecule has 0 spiro atoms. The number of hydrogen-bond donors (Lipinski definition) is 2. The van der Waals surface area contributed by atoms with Crippen LogP contribution in [0.3, 0.4) is 0 Å². The number of hydrogen-bond acceptors (Lipinski definition) is 3. The Morgan fingerprint density at radius 2 is 2.18 bits per heavy atom. The first-order valence-electron chi connectivity index (χ1n) is 3.09. The minimum Gasteiger partial charge on any atom is -0.337 e. The Hall–Kier alpha value is -1.57. The highest BCUT2D eigenvalue weighted by Crippen LogP contribution is 1.71. The molecule has 0 saturated carbocycles. The van der Waals surface area contributed by atoms with Gasteiger partial charge in [-0.2, -0.15) is 5.26 Å². The lowest BCUT2D eigenvalue weighted by molar-refractivity contribution is -0.117. The molecule has 5 heteroatoms. The third kappa shape index (κ3) is 6.31. The number of carbonyl (C=O) groups is 2. The van der Waals surface area contributed by atoms with Crippen molar-refractivity contribution in [1.29, 1.82) is 5.26 Å². The van der Waals surface area contributed by atoms with Crippen LogP contribution < -0.4 is 10.6 Å². The van der Waals surface area contributed by atoms with Gasteiger partial charge in [-0.05, 0) is 0 Å². The fraction of sp³-hybridized carbons (Fsp3) is 0.500. The molecule has 0 atom stereocenters. The predicted molar refractivity (Wildman–Crippen MR) is 37.4 cm³/mol. The lowest BCUT2D eigenvalue weighted by Gasteiger charge is -2.00. The van der Waals surface area contributed by atoms with Gasteiger partial charge in [0.2, 0.25) is 5.91 Å². The monoisotopic (exact) mass is 155 g/mol. The summed E-state index contributed by atoms with van der Waals surface area (Å²) in [5.74, 6) is -0.417. The van der Waals surface area contributed by atoms with Gasteiger partial charge in [-0.3, -0.25) is 10.1 Å². The van der Waals surface area contributed by atoms with Gasteiger partial charge in [0.1, 0.15) is 0 Å². The molecule has 0 aromatic carbocycles. The summed E-state index contributed by atoms with van der Waals surface area (Å²) in [7, 11) is 0. The molecule has 0 heterocycles. The average Bonchev–Trinajstić information content (AvgIpc) is 1.86. The van der Waals surface area contributed by atoms with Crippen molar-refractivity contribution in [1.82, 2.24) is 10.6 Å². The summed E-state index contributed by atoms with van der Waals surface area (Å²) in [4.78, 5) is 20.8. The second kappa shape index (κ2) is 5.23. The standard InChI is InChI=1S/C6H9N3O2/c1-5(10)9-6(11)8-4-2-3-7/h2,4H2,1H3,(H2,8,9,10,11). The van der Waals surface area contributed by atoms with Crippen molar-refractivity contribution < 1.29 is 9.59 Å². The van der Waals surface area contributed by atoms with Crippen LogP contribution in [0.5, 0.6) is 0 Å². The molecular weight excluding hydrogens is 146 g/mol.